The van der Waals surface area contributed by atoms with E-state index in [2.05, 4.69) is 5.43 Å². The number of anilines is 1. The van der Waals surface area contributed by atoms with E-state index in [0.29, 0.717) is 5.69 Å². The quantitative estimate of drug-likeness (QED) is 0.510. The van der Waals surface area contributed by atoms with Crippen LogP contribution in [0.25, 0.3) is 0 Å². The molecule has 3 N–H and O–H groups in total. The van der Waals surface area contributed by atoms with Gasteiger partial charge in [-0.2, -0.15) is 0 Å². The molecule has 11 heavy (non-hydrogen) atoms. The third kappa shape index (κ3) is 2.32. The molecule has 0 bridgehead atoms. The highest BCUT2D eigenvalue weighted by Crippen LogP contribution is 2.10. The number of benzene rings is 1. The molecular formula is C6H7ClF2N2. The molecule has 0 saturated heterocycles. The zero-order chi connectivity index (χ0) is 7.56. The molecule has 0 aliphatic heterocycles. The molecule has 0 amide bonds. The van der Waals surface area contributed by atoms with Gasteiger partial charge >= 0.3 is 0 Å². The van der Waals surface area contributed by atoms with Crippen molar-refractivity contribution in [1.82, 2.24) is 0 Å². The van der Waals surface area contributed by atoms with E-state index in [1.165, 1.54) is 6.07 Å². The van der Waals surface area contributed by atoms with Crippen molar-refractivity contribution in [3.05, 3.63) is 29.8 Å². The lowest BCUT2D eigenvalue weighted by Crippen LogP contribution is -2.06. The van der Waals surface area contributed by atoms with Gasteiger partial charge in [-0.05, 0) is 12.1 Å². The lowest BCUT2D eigenvalue weighted by atomic mass is 10.3. The highest BCUT2D eigenvalue weighted by atomic mass is 35.5. The summed E-state index contributed by atoms with van der Waals surface area (Å²) in [5.41, 5.74) is 2.53. The first-order valence-corrected chi connectivity index (χ1v) is 2.65. The van der Waals surface area contributed by atoms with E-state index in [-0.39, 0.29) is 12.4 Å². The van der Waals surface area contributed by atoms with Crippen molar-refractivity contribution in [3.63, 3.8) is 0 Å². The Balaban J connectivity index is 0.000001000. The van der Waals surface area contributed by atoms with Gasteiger partial charge in [0.05, 0.1) is 5.69 Å². The molecule has 0 saturated carbocycles. The molecule has 1 aromatic carbocycles. The van der Waals surface area contributed by atoms with Gasteiger partial charge in [0, 0.05) is 6.07 Å². The second kappa shape index (κ2) is 4.10. The van der Waals surface area contributed by atoms with Gasteiger partial charge in [-0.15, -0.1) is 12.4 Å². The van der Waals surface area contributed by atoms with Crippen molar-refractivity contribution in [1.29, 1.82) is 0 Å². The average Bonchev–Trinajstić information content (AvgIpc) is 1.95. The lowest BCUT2D eigenvalue weighted by Gasteiger charge is -1.98. The zero-order valence-electron chi connectivity index (χ0n) is 5.47. The molecule has 62 valence electrons. The van der Waals surface area contributed by atoms with Crippen LogP contribution in [0.3, 0.4) is 0 Å². The SMILES string of the molecule is Cl.NNc1ccc(F)c(F)c1. The van der Waals surface area contributed by atoms with Gasteiger partial charge in [0.15, 0.2) is 11.6 Å². The van der Waals surface area contributed by atoms with Crippen LogP contribution in [0.2, 0.25) is 0 Å². The summed E-state index contributed by atoms with van der Waals surface area (Å²) in [4.78, 5) is 0. The van der Waals surface area contributed by atoms with E-state index in [1.807, 2.05) is 0 Å². The van der Waals surface area contributed by atoms with Crippen molar-refractivity contribution in [2.75, 3.05) is 5.43 Å². The second-order valence-corrected chi connectivity index (χ2v) is 1.77. The fraction of sp³-hybridized carbons (Fsp3) is 0. The minimum absolute atomic E-state index is 0. The maximum absolute atomic E-state index is 12.3. The molecule has 0 heterocycles. The molecule has 0 aliphatic rings. The number of halogens is 3. The van der Waals surface area contributed by atoms with Crippen molar-refractivity contribution >= 4 is 18.1 Å². The number of nitrogen functional groups attached to an aromatic ring is 1. The first kappa shape index (κ1) is 10.1. The van der Waals surface area contributed by atoms with Crippen molar-refractivity contribution < 1.29 is 8.78 Å². The van der Waals surface area contributed by atoms with Crippen LogP contribution < -0.4 is 11.3 Å². The van der Waals surface area contributed by atoms with Gasteiger partial charge < -0.3 is 5.43 Å². The van der Waals surface area contributed by atoms with Crippen LogP contribution in [0.5, 0.6) is 0 Å². The topological polar surface area (TPSA) is 38.0 Å². The van der Waals surface area contributed by atoms with Gasteiger partial charge in [-0.1, -0.05) is 0 Å². The summed E-state index contributed by atoms with van der Waals surface area (Å²) in [5.74, 6) is 3.15. The smallest absolute Gasteiger partial charge is 0.160 e. The molecule has 0 aliphatic carbocycles. The first-order chi connectivity index (χ1) is 4.74. The highest BCUT2D eigenvalue weighted by molar-refractivity contribution is 5.85. The van der Waals surface area contributed by atoms with Crippen molar-refractivity contribution in [2.24, 2.45) is 5.84 Å². The number of rotatable bonds is 1. The van der Waals surface area contributed by atoms with Crippen LogP contribution in [0.4, 0.5) is 14.5 Å². The van der Waals surface area contributed by atoms with Crippen LogP contribution in [-0.2, 0) is 0 Å². The Bertz CT molecular complexity index is 242. The Hall–Kier alpha value is -0.870. The maximum Gasteiger partial charge on any atom is 0.160 e. The van der Waals surface area contributed by atoms with Gasteiger partial charge in [0.1, 0.15) is 0 Å². The van der Waals surface area contributed by atoms with E-state index in [4.69, 9.17) is 5.84 Å². The number of nitrogens with one attached hydrogen (secondary N) is 1. The molecule has 0 aromatic heterocycles. The van der Waals surface area contributed by atoms with Crippen LogP contribution in [0, 0.1) is 11.6 Å². The van der Waals surface area contributed by atoms with E-state index in [9.17, 15) is 8.78 Å². The second-order valence-electron chi connectivity index (χ2n) is 1.77. The summed E-state index contributed by atoms with van der Waals surface area (Å²) in [7, 11) is 0. The maximum atomic E-state index is 12.3. The molecule has 0 fully saturated rings. The van der Waals surface area contributed by atoms with E-state index in [0.717, 1.165) is 12.1 Å². The Morgan fingerprint density at radius 2 is 1.82 bits per heavy atom. The van der Waals surface area contributed by atoms with E-state index >= 15 is 0 Å². The minimum atomic E-state index is -0.907. The van der Waals surface area contributed by atoms with Crippen LogP contribution in [-0.4, -0.2) is 0 Å². The van der Waals surface area contributed by atoms with Gasteiger partial charge in [-0.3, -0.25) is 5.84 Å². The Labute approximate surface area is 68.8 Å². The largest absolute Gasteiger partial charge is 0.324 e. The summed E-state index contributed by atoms with van der Waals surface area (Å²) in [5, 5.41) is 0. The molecule has 0 atom stereocenters. The predicted octanol–water partition coefficient (Wildman–Crippen LogP) is 1.67. The van der Waals surface area contributed by atoms with Crippen LogP contribution in [0.1, 0.15) is 0 Å². The lowest BCUT2D eigenvalue weighted by molar-refractivity contribution is 0.509. The Morgan fingerprint density at radius 3 is 2.27 bits per heavy atom. The first-order valence-electron chi connectivity index (χ1n) is 2.65. The zero-order valence-corrected chi connectivity index (χ0v) is 6.29. The molecule has 0 spiro atoms. The third-order valence-corrected chi connectivity index (χ3v) is 1.09. The number of hydrogen-bond acceptors (Lipinski definition) is 2. The molecule has 1 aromatic rings. The standard InChI is InChI=1S/C6H6F2N2.ClH/c7-5-2-1-4(10-9)3-6(5)8;/h1-3,10H,9H2;1H. The summed E-state index contributed by atoms with van der Waals surface area (Å²) in [6.45, 7) is 0. The Kier molecular flexibility index (Phi) is 3.78. The number of nitrogens with two attached hydrogens (primary N) is 1. The van der Waals surface area contributed by atoms with Crippen LogP contribution >= 0.6 is 12.4 Å². The Morgan fingerprint density at radius 1 is 1.18 bits per heavy atom. The molecule has 5 heteroatoms. The normalized spacial score (nSPS) is 8.64. The summed E-state index contributed by atoms with van der Waals surface area (Å²) in [6, 6.07) is 3.33. The molecule has 0 radical (unpaired) electrons. The van der Waals surface area contributed by atoms with Gasteiger partial charge in [0.2, 0.25) is 0 Å². The fourth-order valence-corrected chi connectivity index (χ4v) is 0.586. The molecule has 2 nitrogen and oxygen atoms in total. The fourth-order valence-electron chi connectivity index (χ4n) is 0.586. The van der Waals surface area contributed by atoms with Crippen LogP contribution in [0.15, 0.2) is 18.2 Å². The van der Waals surface area contributed by atoms with Crippen molar-refractivity contribution in [2.45, 2.75) is 0 Å². The van der Waals surface area contributed by atoms with Crippen molar-refractivity contribution in [3.8, 4) is 0 Å². The summed E-state index contributed by atoms with van der Waals surface area (Å²) in [6.07, 6.45) is 0. The average molecular weight is 181 g/mol. The predicted molar refractivity (Wildman–Crippen MR) is 41.4 cm³/mol. The van der Waals surface area contributed by atoms with Gasteiger partial charge in [0.25, 0.3) is 0 Å². The highest BCUT2D eigenvalue weighted by Gasteiger charge is 1.99. The molecule has 1 rings (SSSR count). The van der Waals surface area contributed by atoms with E-state index < -0.39 is 11.6 Å². The van der Waals surface area contributed by atoms with E-state index in [1.54, 1.807) is 0 Å². The number of hydrogen-bond donors (Lipinski definition) is 2. The summed E-state index contributed by atoms with van der Waals surface area (Å²) < 4.78 is 24.5. The third-order valence-electron chi connectivity index (χ3n) is 1.09. The number of hydrazine groups is 1. The summed E-state index contributed by atoms with van der Waals surface area (Å²) >= 11 is 0. The minimum Gasteiger partial charge on any atom is -0.324 e. The monoisotopic (exact) mass is 180 g/mol. The molecular weight excluding hydrogens is 174 g/mol. The molecule has 0 unspecified atom stereocenters. The van der Waals surface area contributed by atoms with Gasteiger partial charge in [-0.25, -0.2) is 8.78 Å².